The average Bonchev–Trinajstić information content (AvgIpc) is 2.95. The zero-order valence-electron chi connectivity index (χ0n) is 19.0. The molecule has 0 radical (unpaired) electrons. The number of fused-ring (bicyclic) bond motifs is 2. The standard InChI is InChI=1S/C25H23FN4O3S/c1-4-18-13(3)9-16-23(29-18)34-12-19-21(25(32)33-5-2)20(14-7-6-8-15(26)10-14)17(11-27)22(28)30(19)24(16)31/h6-10,20H,4-5,12,28H2,1-3H3. The summed E-state index contributed by atoms with van der Waals surface area (Å²) in [5, 5.41) is 10.6. The van der Waals surface area contributed by atoms with Crippen LogP contribution in [-0.2, 0) is 16.0 Å². The number of thioether (sulfide) groups is 1. The summed E-state index contributed by atoms with van der Waals surface area (Å²) in [7, 11) is 0. The Morgan fingerprint density at radius 1 is 1.38 bits per heavy atom. The first-order valence-electron chi connectivity index (χ1n) is 10.8. The molecule has 4 rings (SSSR count). The number of amides is 1. The maximum atomic E-state index is 14.1. The molecule has 1 amide bonds. The summed E-state index contributed by atoms with van der Waals surface area (Å²) in [6, 6.07) is 9.46. The van der Waals surface area contributed by atoms with E-state index in [4.69, 9.17) is 10.5 Å². The van der Waals surface area contributed by atoms with Gasteiger partial charge in [0.25, 0.3) is 5.91 Å². The van der Waals surface area contributed by atoms with Gasteiger partial charge >= 0.3 is 5.97 Å². The van der Waals surface area contributed by atoms with Crippen molar-refractivity contribution in [1.29, 1.82) is 5.26 Å². The van der Waals surface area contributed by atoms with E-state index in [1.165, 1.54) is 34.9 Å². The Morgan fingerprint density at radius 2 is 2.15 bits per heavy atom. The number of nitrogens with zero attached hydrogens (tertiary/aromatic N) is 3. The number of carbonyl (C=O) groups is 2. The molecule has 174 valence electrons. The minimum absolute atomic E-state index is 0.0194. The number of aryl methyl sites for hydroxylation is 2. The van der Waals surface area contributed by atoms with Crippen molar-refractivity contribution in [3.63, 3.8) is 0 Å². The first-order valence-corrected chi connectivity index (χ1v) is 11.8. The number of esters is 1. The molecule has 34 heavy (non-hydrogen) atoms. The number of carbonyl (C=O) groups excluding carboxylic acids is 2. The Morgan fingerprint density at radius 3 is 2.79 bits per heavy atom. The van der Waals surface area contributed by atoms with Crippen LogP contribution in [0.1, 0.15) is 46.9 Å². The largest absolute Gasteiger partial charge is 0.463 e. The van der Waals surface area contributed by atoms with E-state index in [1.54, 1.807) is 19.1 Å². The van der Waals surface area contributed by atoms with Gasteiger partial charge in [0.2, 0.25) is 0 Å². The Balaban J connectivity index is 1.99. The van der Waals surface area contributed by atoms with Crippen molar-refractivity contribution in [2.45, 2.75) is 38.1 Å². The second kappa shape index (κ2) is 9.31. The van der Waals surface area contributed by atoms with Crippen molar-refractivity contribution in [3.05, 3.63) is 81.2 Å². The van der Waals surface area contributed by atoms with Gasteiger partial charge in [-0.15, -0.1) is 0 Å². The van der Waals surface area contributed by atoms with Gasteiger partial charge in [0.05, 0.1) is 35.3 Å². The summed E-state index contributed by atoms with van der Waals surface area (Å²) in [6.45, 7) is 5.62. The van der Waals surface area contributed by atoms with Crippen molar-refractivity contribution >= 4 is 23.6 Å². The molecule has 0 spiro atoms. The fourth-order valence-corrected chi connectivity index (χ4v) is 5.35. The number of aromatic nitrogens is 1. The Labute approximate surface area is 201 Å². The minimum atomic E-state index is -0.971. The van der Waals surface area contributed by atoms with Gasteiger partial charge < -0.3 is 10.5 Å². The van der Waals surface area contributed by atoms with Crippen LogP contribution in [0.2, 0.25) is 0 Å². The van der Waals surface area contributed by atoms with Crippen LogP contribution in [0.3, 0.4) is 0 Å². The third-order valence-electron chi connectivity index (χ3n) is 5.87. The Bertz CT molecular complexity index is 1310. The van der Waals surface area contributed by atoms with Crippen LogP contribution < -0.4 is 5.73 Å². The maximum Gasteiger partial charge on any atom is 0.336 e. The Kier molecular flexibility index (Phi) is 6.44. The topological polar surface area (TPSA) is 109 Å². The monoisotopic (exact) mass is 478 g/mol. The van der Waals surface area contributed by atoms with Gasteiger partial charge in [0.1, 0.15) is 16.7 Å². The number of hydrogen-bond donors (Lipinski definition) is 1. The van der Waals surface area contributed by atoms with Crippen molar-refractivity contribution in [2.24, 2.45) is 5.73 Å². The van der Waals surface area contributed by atoms with E-state index in [0.717, 1.165) is 11.3 Å². The van der Waals surface area contributed by atoms with Crippen LogP contribution in [0, 0.1) is 24.1 Å². The number of hydrogen-bond acceptors (Lipinski definition) is 7. The highest BCUT2D eigenvalue weighted by atomic mass is 32.2. The lowest BCUT2D eigenvalue weighted by atomic mass is 9.81. The van der Waals surface area contributed by atoms with Crippen molar-refractivity contribution < 1.29 is 18.7 Å². The smallest absolute Gasteiger partial charge is 0.336 e. The van der Waals surface area contributed by atoms with Crippen molar-refractivity contribution in [1.82, 2.24) is 9.88 Å². The summed E-state index contributed by atoms with van der Waals surface area (Å²) in [4.78, 5) is 32.8. The number of nitrogens with two attached hydrogens (primary N) is 1. The van der Waals surface area contributed by atoms with E-state index in [2.05, 4.69) is 11.1 Å². The fourth-order valence-electron chi connectivity index (χ4n) is 4.32. The van der Waals surface area contributed by atoms with Gasteiger partial charge in [-0.05, 0) is 49.6 Å². The molecule has 1 unspecified atom stereocenters. The molecule has 1 aromatic carbocycles. The lowest BCUT2D eigenvalue weighted by molar-refractivity contribution is -0.138. The summed E-state index contributed by atoms with van der Waals surface area (Å²) >= 11 is 1.31. The van der Waals surface area contributed by atoms with E-state index >= 15 is 0 Å². The highest BCUT2D eigenvalue weighted by Crippen LogP contribution is 2.45. The fraction of sp³-hybridized carbons (Fsp3) is 0.280. The number of ether oxygens (including phenoxy) is 1. The van der Waals surface area contributed by atoms with Gasteiger partial charge in [-0.2, -0.15) is 5.26 Å². The molecule has 2 N–H and O–H groups in total. The predicted molar refractivity (Wildman–Crippen MR) is 125 cm³/mol. The predicted octanol–water partition coefficient (Wildman–Crippen LogP) is 3.95. The molecular weight excluding hydrogens is 455 g/mol. The number of halogens is 1. The van der Waals surface area contributed by atoms with Crippen LogP contribution in [0.4, 0.5) is 4.39 Å². The lowest BCUT2D eigenvalue weighted by Gasteiger charge is -2.35. The molecule has 2 aliphatic heterocycles. The minimum Gasteiger partial charge on any atom is -0.463 e. The third-order valence-corrected chi connectivity index (χ3v) is 6.87. The molecule has 7 nitrogen and oxygen atoms in total. The normalized spacial score (nSPS) is 17.7. The van der Waals surface area contributed by atoms with Gasteiger partial charge in [-0.3, -0.25) is 9.69 Å². The van der Waals surface area contributed by atoms with Crippen LogP contribution in [0.25, 0.3) is 0 Å². The summed E-state index contributed by atoms with van der Waals surface area (Å²) < 4.78 is 19.5. The molecule has 0 saturated carbocycles. The van der Waals surface area contributed by atoms with Gasteiger partial charge in [0, 0.05) is 17.1 Å². The zero-order chi connectivity index (χ0) is 24.6. The molecule has 0 saturated heterocycles. The number of benzene rings is 1. The lowest BCUT2D eigenvalue weighted by Crippen LogP contribution is -2.41. The second-order valence-corrected chi connectivity index (χ2v) is 8.83. The number of pyridine rings is 1. The quantitative estimate of drug-likeness (QED) is 0.663. The molecule has 2 aliphatic rings. The Hall–Kier alpha value is -3.64. The van der Waals surface area contributed by atoms with Gasteiger partial charge in [-0.25, -0.2) is 14.2 Å². The molecule has 0 fully saturated rings. The summed E-state index contributed by atoms with van der Waals surface area (Å²) in [5.41, 5.74) is 9.26. The number of nitriles is 1. The average molecular weight is 479 g/mol. The van der Waals surface area contributed by atoms with E-state index in [-0.39, 0.29) is 29.3 Å². The number of allylic oxidation sites excluding steroid dienone is 1. The SMILES string of the molecule is CCOC(=O)C1=C2CSc3nc(CC)c(C)cc3C(=O)N2C(N)=C(C#N)C1c1cccc(F)c1. The third kappa shape index (κ3) is 3.84. The molecule has 1 aromatic heterocycles. The molecular formula is C25H23FN4O3S. The van der Waals surface area contributed by atoms with Crippen LogP contribution in [-0.4, -0.2) is 34.1 Å². The first-order chi connectivity index (χ1) is 16.3. The summed E-state index contributed by atoms with van der Waals surface area (Å²) in [5.74, 6) is -2.55. The molecule has 9 heteroatoms. The molecule has 3 heterocycles. The molecule has 0 bridgehead atoms. The van der Waals surface area contributed by atoms with E-state index in [9.17, 15) is 19.2 Å². The summed E-state index contributed by atoms with van der Waals surface area (Å²) in [6.07, 6.45) is 0.705. The molecule has 0 aliphatic carbocycles. The van der Waals surface area contributed by atoms with Crippen LogP contribution in [0.15, 0.2) is 58.0 Å². The van der Waals surface area contributed by atoms with E-state index in [1.807, 2.05) is 13.8 Å². The first kappa shape index (κ1) is 23.5. The van der Waals surface area contributed by atoms with Gasteiger partial charge in [-0.1, -0.05) is 30.8 Å². The second-order valence-electron chi connectivity index (χ2n) is 7.87. The van der Waals surface area contributed by atoms with E-state index < -0.39 is 23.6 Å². The van der Waals surface area contributed by atoms with E-state index in [0.29, 0.717) is 28.3 Å². The van der Waals surface area contributed by atoms with Crippen molar-refractivity contribution in [3.8, 4) is 6.07 Å². The van der Waals surface area contributed by atoms with Crippen LogP contribution >= 0.6 is 11.8 Å². The highest BCUT2D eigenvalue weighted by molar-refractivity contribution is 7.99. The highest BCUT2D eigenvalue weighted by Gasteiger charge is 2.43. The molecule has 2 aromatic rings. The molecule has 1 atom stereocenters. The number of rotatable bonds is 4. The van der Waals surface area contributed by atoms with Gasteiger partial charge in [0.15, 0.2) is 0 Å². The van der Waals surface area contributed by atoms with Crippen LogP contribution in [0.5, 0.6) is 0 Å². The zero-order valence-corrected chi connectivity index (χ0v) is 19.8. The maximum absolute atomic E-state index is 14.1. The van der Waals surface area contributed by atoms with Crippen molar-refractivity contribution in [2.75, 3.05) is 12.4 Å².